The Labute approximate surface area is 80.5 Å². The quantitative estimate of drug-likeness (QED) is 0.545. The van der Waals surface area contributed by atoms with E-state index >= 15 is 0 Å². The van der Waals surface area contributed by atoms with Crippen molar-refractivity contribution >= 4 is 11.9 Å². The fourth-order valence-corrected chi connectivity index (χ4v) is 1.43. The van der Waals surface area contributed by atoms with Gasteiger partial charge in [0.25, 0.3) is 0 Å². The van der Waals surface area contributed by atoms with Crippen molar-refractivity contribution in [2.75, 3.05) is 6.54 Å². The summed E-state index contributed by atoms with van der Waals surface area (Å²) in [7, 11) is 0. The Morgan fingerprint density at radius 3 is 2.69 bits per heavy atom. The van der Waals surface area contributed by atoms with Crippen LogP contribution in [0.5, 0.6) is 0 Å². The Morgan fingerprint density at radius 1 is 1.31 bits per heavy atom. The van der Waals surface area contributed by atoms with Gasteiger partial charge in [0, 0.05) is 23.5 Å². The summed E-state index contributed by atoms with van der Waals surface area (Å²) in [6.45, 7) is 9.31. The molecule has 0 fully saturated rings. The molecular weight excluding hydrogens is 160 g/mol. The minimum Gasteiger partial charge on any atom is -0.290 e. The molecule has 0 aliphatic carbocycles. The molecule has 1 aliphatic rings. The van der Waals surface area contributed by atoms with Crippen LogP contribution in [0.15, 0.2) is 21.8 Å². The molecule has 1 heterocycles. The third-order valence-electron chi connectivity index (χ3n) is 2.03. The van der Waals surface area contributed by atoms with Gasteiger partial charge in [-0.1, -0.05) is 13.8 Å². The van der Waals surface area contributed by atoms with Crippen LogP contribution in [0.1, 0.15) is 34.1 Å². The summed E-state index contributed by atoms with van der Waals surface area (Å²) in [5.41, 5.74) is 2.56. The summed E-state index contributed by atoms with van der Waals surface area (Å²) < 4.78 is 0. The second kappa shape index (κ2) is 3.86. The highest BCUT2D eigenvalue weighted by atomic mass is 14.8. The largest absolute Gasteiger partial charge is 0.290 e. The lowest BCUT2D eigenvalue weighted by Gasteiger charge is -2.17. The molecule has 13 heavy (non-hydrogen) atoms. The van der Waals surface area contributed by atoms with Crippen LogP contribution in [0.3, 0.4) is 0 Å². The molecule has 0 saturated heterocycles. The fourth-order valence-electron chi connectivity index (χ4n) is 1.43. The van der Waals surface area contributed by atoms with E-state index in [4.69, 9.17) is 0 Å². The lowest BCUT2D eigenvalue weighted by Crippen LogP contribution is -2.16. The summed E-state index contributed by atoms with van der Waals surface area (Å²) in [6, 6.07) is 0. The van der Waals surface area contributed by atoms with Gasteiger partial charge in [0.1, 0.15) is 0 Å². The predicted octanol–water partition coefficient (Wildman–Crippen LogP) is 2.85. The molecular formula is C11H18N2. The molecule has 0 aromatic rings. The van der Waals surface area contributed by atoms with Gasteiger partial charge in [-0.2, -0.15) is 0 Å². The van der Waals surface area contributed by atoms with Crippen LogP contribution in [0.4, 0.5) is 0 Å². The first-order valence-electron chi connectivity index (χ1n) is 4.69. The van der Waals surface area contributed by atoms with E-state index in [1.54, 1.807) is 0 Å². The molecule has 0 N–H and O–H groups in total. The van der Waals surface area contributed by atoms with E-state index in [0.29, 0.717) is 0 Å². The van der Waals surface area contributed by atoms with Crippen molar-refractivity contribution in [1.29, 1.82) is 0 Å². The Hall–Kier alpha value is -0.920. The number of aliphatic imine (C=N–C) groups is 2. The molecule has 0 aromatic heterocycles. The van der Waals surface area contributed by atoms with Gasteiger partial charge in [0.2, 0.25) is 0 Å². The van der Waals surface area contributed by atoms with E-state index in [0.717, 1.165) is 13.0 Å². The number of hydrogen-bond acceptors (Lipinski definition) is 2. The van der Waals surface area contributed by atoms with Gasteiger partial charge >= 0.3 is 0 Å². The van der Waals surface area contributed by atoms with Crippen LogP contribution < -0.4 is 0 Å². The van der Waals surface area contributed by atoms with Crippen molar-refractivity contribution in [2.45, 2.75) is 34.1 Å². The van der Waals surface area contributed by atoms with Crippen molar-refractivity contribution in [3.8, 4) is 0 Å². The van der Waals surface area contributed by atoms with E-state index in [9.17, 15) is 0 Å². The Balaban J connectivity index is 2.90. The molecule has 1 aliphatic heterocycles. The van der Waals surface area contributed by atoms with Crippen LogP contribution in [-0.2, 0) is 0 Å². The van der Waals surface area contributed by atoms with Crippen molar-refractivity contribution in [2.24, 2.45) is 15.4 Å². The first-order valence-corrected chi connectivity index (χ1v) is 4.69. The molecule has 72 valence electrons. The number of rotatable bonds is 0. The molecule has 0 aromatic carbocycles. The summed E-state index contributed by atoms with van der Waals surface area (Å²) >= 11 is 0. The van der Waals surface area contributed by atoms with Gasteiger partial charge in [0.15, 0.2) is 0 Å². The van der Waals surface area contributed by atoms with Gasteiger partial charge < -0.3 is 0 Å². The molecule has 0 saturated carbocycles. The Bertz CT molecular complexity index is 270. The van der Waals surface area contributed by atoms with Gasteiger partial charge in [-0.05, 0) is 25.8 Å². The normalized spacial score (nSPS) is 22.5. The van der Waals surface area contributed by atoms with E-state index in [1.165, 1.54) is 11.3 Å². The zero-order valence-corrected chi connectivity index (χ0v) is 8.96. The SMILES string of the molecule is CC1=CN=CC(C)(C)CC(C)=NC1. The first kappa shape index (κ1) is 10.2. The van der Waals surface area contributed by atoms with E-state index < -0.39 is 0 Å². The number of hydrogen-bond donors (Lipinski definition) is 0. The van der Waals surface area contributed by atoms with Crippen LogP contribution >= 0.6 is 0 Å². The van der Waals surface area contributed by atoms with Gasteiger partial charge in [-0.15, -0.1) is 0 Å². The summed E-state index contributed by atoms with van der Waals surface area (Å²) in [5, 5.41) is 0. The highest BCUT2D eigenvalue weighted by Crippen LogP contribution is 2.19. The average Bonchev–Trinajstić information content (AvgIpc) is 2.02. The standard InChI is InChI=1S/C11H18N2/c1-9-6-12-8-11(3,4)5-10(2)13-7-9/h6,8H,5,7H2,1-4H3. The maximum absolute atomic E-state index is 4.49. The Kier molecular flexibility index (Phi) is 3.02. The molecule has 1 rings (SSSR count). The molecule has 0 amide bonds. The minimum atomic E-state index is 0.134. The van der Waals surface area contributed by atoms with Gasteiger partial charge in [-0.3, -0.25) is 9.98 Å². The lowest BCUT2D eigenvalue weighted by atomic mass is 9.89. The summed E-state index contributed by atoms with van der Waals surface area (Å²) in [6.07, 6.45) is 4.92. The monoisotopic (exact) mass is 178 g/mol. The third-order valence-corrected chi connectivity index (χ3v) is 2.03. The highest BCUT2D eigenvalue weighted by Gasteiger charge is 2.16. The van der Waals surface area contributed by atoms with Gasteiger partial charge in [-0.25, -0.2) is 0 Å². The number of nitrogens with zero attached hydrogens (tertiary/aromatic N) is 2. The predicted molar refractivity (Wildman–Crippen MR) is 58.6 cm³/mol. The van der Waals surface area contributed by atoms with Crippen molar-refractivity contribution < 1.29 is 0 Å². The van der Waals surface area contributed by atoms with E-state index in [-0.39, 0.29) is 5.41 Å². The summed E-state index contributed by atoms with van der Waals surface area (Å²) in [4.78, 5) is 8.79. The summed E-state index contributed by atoms with van der Waals surface area (Å²) in [5.74, 6) is 0. The van der Waals surface area contributed by atoms with Crippen molar-refractivity contribution in [3.05, 3.63) is 11.8 Å². The van der Waals surface area contributed by atoms with Crippen LogP contribution in [0.25, 0.3) is 0 Å². The average molecular weight is 178 g/mol. The molecule has 0 bridgehead atoms. The maximum atomic E-state index is 4.49. The molecule has 2 heteroatoms. The molecule has 0 spiro atoms. The smallest absolute Gasteiger partial charge is 0.0613 e. The van der Waals surface area contributed by atoms with E-state index in [2.05, 4.69) is 37.7 Å². The second-order valence-corrected chi connectivity index (χ2v) is 4.47. The zero-order chi connectivity index (χ0) is 9.90. The molecule has 0 atom stereocenters. The fraction of sp³-hybridized carbons (Fsp3) is 0.636. The molecule has 0 unspecified atom stereocenters. The first-order chi connectivity index (χ1) is 5.99. The topological polar surface area (TPSA) is 24.7 Å². The lowest BCUT2D eigenvalue weighted by molar-refractivity contribution is 0.561. The third kappa shape index (κ3) is 3.53. The molecule has 0 radical (unpaired) electrons. The van der Waals surface area contributed by atoms with Gasteiger partial charge in [0.05, 0.1) is 6.54 Å². The van der Waals surface area contributed by atoms with Crippen molar-refractivity contribution in [3.63, 3.8) is 0 Å². The van der Waals surface area contributed by atoms with Crippen molar-refractivity contribution in [1.82, 2.24) is 0 Å². The van der Waals surface area contributed by atoms with E-state index in [1.807, 2.05) is 12.4 Å². The Morgan fingerprint density at radius 2 is 2.00 bits per heavy atom. The maximum Gasteiger partial charge on any atom is 0.0613 e. The zero-order valence-electron chi connectivity index (χ0n) is 8.96. The van der Waals surface area contributed by atoms with Crippen LogP contribution in [0, 0.1) is 5.41 Å². The molecule has 2 nitrogen and oxygen atoms in total. The second-order valence-electron chi connectivity index (χ2n) is 4.47. The minimum absolute atomic E-state index is 0.134. The van der Waals surface area contributed by atoms with Crippen LogP contribution in [-0.4, -0.2) is 18.5 Å². The highest BCUT2D eigenvalue weighted by molar-refractivity contribution is 5.86. The van der Waals surface area contributed by atoms with Crippen LogP contribution in [0.2, 0.25) is 0 Å².